The van der Waals surface area contributed by atoms with Gasteiger partial charge in [0.1, 0.15) is 12.2 Å². The molecule has 10 heteroatoms. The Hall–Kier alpha value is -2.49. The predicted octanol–water partition coefficient (Wildman–Crippen LogP) is 4.08. The maximum atomic E-state index is 12.8. The topological polar surface area (TPSA) is 79.9 Å². The van der Waals surface area contributed by atoms with Crippen molar-refractivity contribution in [1.82, 2.24) is 15.5 Å². The van der Waals surface area contributed by atoms with Gasteiger partial charge in [0.25, 0.3) is 0 Å². The van der Waals surface area contributed by atoms with E-state index in [1.807, 2.05) is 30.3 Å². The molecule has 0 atom stereocenters. The van der Waals surface area contributed by atoms with Crippen molar-refractivity contribution in [3.05, 3.63) is 35.9 Å². The van der Waals surface area contributed by atoms with Crippen LogP contribution in [0.15, 0.2) is 30.3 Å². The van der Waals surface area contributed by atoms with Crippen LogP contribution in [0.25, 0.3) is 0 Å². The number of rotatable bonds is 11. The molecule has 0 bridgehead atoms. The molecule has 0 saturated carbocycles. The van der Waals surface area contributed by atoms with E-state index < -0.39 is 30.5 Å². The van der Waals surface area contributed by atoms with Gasteiger partial charge in [-0.25, -0.2) is 9.59 Å². The second kappa shape index (κ2) is 13.0. The van der Waals surface area contributed by atoms with Crippen LogP contribution in [0.2, 0.25) is 0 Å². The number of alkyl halides is 3. The zero-order valence-corrected chi connectivity index (χ0v) is 18.3. The molecule has 2 amide bonds. The Balaban J connectivity index is 2.27. The molecule has 7 nitrogen and oxygen atoms in total. The quantitative estimate of drug-likeness (QED) is 0.500. The fourth-order valence-corrected chi connectivity index (χ4v) is 2.60. The molecule has 176 valence electrons. The van der Waals surface area contributed by atoms with Gasteiger partial charge in [0.2, 0.25) is 0 Å². The second-order valence-electron chi connectivity index (χ2n) is 8.02. The summed E-state index contributed by atoms with van der Waals surface area (Å²) in [6, 6.07) is 9.15. The van der Waals surface area contributed by atoms with Gasteiger partial charge < -0.3 is 20.1 Å². The Labute approximate surface area is 181 Å². The molecule has 0 aromatic heterocycles. The third kappa shape index (κ3) is 15.0. The number of nitrogens with zero attached hydrogens (tertiary/aromatic N) is 1. The monoisotopic (exact) mass is 447 g/mol. The highest BCUT2D eigenvalue weighted by Gasteiger charge is 2.30. The Morgan fingerprint density at radius 1 is 0.935 bits per heavy atom. The molecule has 1 aromatic rings. The molecule has 0 heterocycles. The highest BCUT2D eigenvalue weighted by molar-refractivity contribution is 5.67. The molecular formula is C21H32F3N3O4. The van der Waals surface area contributed by atoms with Crippen molar-refractivity contribution in [2.45, 2.75) is 52.0 Å². The van der Waals surface area contributed by atoms with Crippen molar-refractivity contribution < 1.29 is 32.2 Å². The number of halogens is 3. The smallest absolute Gasteiger partial charge is 0.407 e. The van der Waals surface area contributed by atoms with Gasteiger partial charge >= 0.3 is 18.4 Å². The van der Waals surface area contributed by atoms with Gasteiger partial charge in [-0.2, -0.15) is 13.2 Å². The number of hydrogen-bond acceptors (Lipinski definition) is 5. The predicted molar refractivity (Wildman–Crippen MR) is 111 cm³/mol. The van der Waals surface area contributed by atoms with E-state index in [-0.39, 0.29) is 32.8 Å². The summed E-state index contributed by atoms with van der Waals surface area (Å²) < 4.78 is 48.6. The average Bonchev–Trinajstić information content (AvgIpc) is 2.65. The summed E-state index contributed by atoms with van der Waals surface area (Å²) in [7, 11) is 0. The first-order chi connectivity index (χ1) is 14.4. The molecule has 0 aliphatic rings. The number of nitrogens with one attached hydrogen (secondary N) is 2. The van der Waals surface area contributed by atoms with Crippen LogP contribution in [-0.2, 0) is 16.1 Å². The van der Waals surface area contributed by atoms with Gasteiger partial charge in [-0.1, -0.05) is 30.3 Å². The number of carbonyl (C=O) groups is 2. The maximum absolute atomic E-state index is 12.8. The first kappa shape index (κ1) is 26.5. The second-order valence-corrected chi connectivity index (χ2v) is 8.02. The molecular weight excluding hydrogens is 415 g/mol. The van der Waals surface area contributed by atoms with Crippen LogP contribution in [-0.4, -0.2) is 61.6 Å². The molecule has 0 aliphatic heterocycles. The van der Waals surface area contributed by atoms with Crippen LogP contribution in [0.5, 0.6) is 0 Å². The first-order valence-corrected chi connectivity index (χ1v) is 10.1. The number of ether oxygens (including phenoxy) is 2. The van der Waals surface area contributed by atoms with Gasteiger partial charge in [0, 0.05) is 26.2 Å². The van der Waals surface area contributed by atoms with Gasteiger partial charge in [-0.05, 0) is 39.2 Å². The van der Waals surface area contributed by atoms with Crippen molar-refractivity contribution in [3.63, 3.8) is 0 Å². The molecule has 31 heavy (non-hydrogen) atoms. The Bertz CT molecular complexity index is 664. The summed E-state index contributed by atoms with van der Waals surface area (Å²) in [6.07, 6.45) is -4.89. The van der Waals surface area contributed by atoms with Gasteiger partial charge in [0.15, 0.2) is 0 Å². The summed E-state index contributed by atoms with van der Waals surface area (Å²) in [5.74, 6) is 0. The van der Waals surface area contributed by atoms with Gasteiger partial charge in [-0.15, -0.1) is 0 Å². The number of hydrogen-bond donors (Lipinski definition) is 2. The largest absolute Gasteiger partial charge is 0.445 e. The van der Waals surface area contributed by atoms with Crippen molar-refractivity contribution in [3.8, 4) is 0 Å². The summed E-state index contributed by atoms with van der Waals surface area (Å²) in [4.78, 5) is 24.5. The number of amides is 2. The van der Waals surface area contributed by atoms with Crippen molar-refractivity contribution in [2.24, 2.45) is 0 Å². The zero-order chi connectivity index (χ0) is 23.3. The molecule has 1 aromatic carbocycles. The van der Waals surface area contributed by atoms with E-state index in [1.54, 1.807) is 20.8 Å². The zero-order valence-electron chi connectivity index (χ0n) is 18.3. The fraction of sp³-hybridized carbons (Fsp3) is 0.619. The lowest BCUT2D eigenvalue weighted by Gasteiger charge is -2.24. The summed E-state index contributed by atoms with van der Waals surface area (Å²) in [6.45, 7) is 4.93. The van der Waals surface area contributed by atoms with Gasteiger partial charge in [0.05, 0.1) is 6.54 Å². The first-order valence-electron chi connectivity index (χ1n) is 10.1. The molecule has 0 fully saturated rings. The lowest BCUT2D eigenvalue weighted by atomic mass is 10.2. The summed E-state index contributed by atoms with van der Waals surface area (Å²) in [5, 5.41) is 5.06. The minimum absolute atomic E-state index is 0.123. The Kier molecular flexibility index (Phi) is 11.2. The van der Waals surface area contributed by atoms with E-state index >= 15 is 0 Å². The fourth-order valence-electron chi connectivity index (χ4n) is 2.60. The molecule has 2 N–H and O–H groups in total. The van der Waals surface area contributed by atoms with Crippen LogP contribution >= 0.6 is 0 Å². The number of benzene rings is 1. The highest BCUT2D eigenvalue weighted by atomic mass is 19.4. The van der Waals surface area contributed by atoms with E-state index in [4.69, 9.17) is 9.47 Å². The van der Waals surface area contributed by atoms with Crippen LogP contribution in [0.1, 0.15) is 39.2 Å². The SMILES string of the molecule is CC(C)(C)OC(=O)NCCCN(CCCNC(=O)OCc1ccccc1)CC(F)(F)F. The van der Waals surface area contributed by atoms with Crippen molar-refractivity contribution in [1.29, 1.82) is 0 Å². The van der Waals surface area contributed by atoms with Crippen molar-refractivity contribution >= 4 is 12.2 Å². The third-order valence-corrected chi connectivity index (χ3v) is 3.86. The van der Waals surface area contributed by atoms with E-state index in [0.29, 0.717) is 12.8 Å². The van der Waals surface area contributed by atoms with Gasteiger partial charge in [-0.3, -0.25) is 4.90 Å². The third-order valence-electron chi connectivity index (χ3n) is 3.86. The van der Waals surface area contributed by atoms with Crippen LogP contribution in [0.3, 0.4) is 0 Å². The average molecular weight is 447 g/mol. The van der Waals surface area contributed by atoms with E-state index in [2.05, 4.69) is 10.6 Å². The van der Waals surface area contributed by atoms with E-state index in [9.17, 15) is 22.8 Å². The van der Waals surface area contributed by atoms with Crippen LogP contribution < -0.4 is 10.6 Å². The lowest BCUT2D eigenvalue weighted by Crippen LogP contribution is -2.39. The lowest BCUT2D eigenvalue weighted by molar-refractivity contribution is -0.146. The minimum atomic E-state index is -4.33. The summed E-state index contributed by atoms with van der Waals surface area (Å²) in [5.41, 5.74) is 0.204. The standard InChI is InChI=1S/C21H32F3N3O4/c1-20(2,3)31-19(29)26-12-8-14-27(16-21(22,23)24)13-7-11-25-18(28)30-15-17-9-5-4-6-10-17/h4-6,9-10H,7-8,11-16H2,1-3H3,(H,25,28)(H,26,29). The molecule has 0 aliphatic carbocycles. The molecule has 0 spiro atoms. The number of carbonyl (C=O) groups excluding carboxylic acids is 2. The molecule has 0 radical (unpaired) electrons. The maximum Gasteiger partial charge on any atom is 0.407 e. The Morgan fingerprint density at radius 3 is 2.00 bits per heavy atom. The van der Waals surface area contributed by atoms with E-state index in [0.717, 1.165) is 5.56 Å². The van der Waals surface area contributed by atoms with Crippen LogP contribution in [0.4, 0.5) is 22.8 Å². The Morgan fingerprint density at radius 2 is 1.48 bits per heavy atom. The molecule has 0 unspecified atom stereocenters. The van der Waals surface area contributed by atoms with Crippen molar-refractivity contribution in [2.75, 3.05) is 32.7 Å². The number of alkyl carbamates (subject to hydrolysis) is 2. The normalized spacial score (nSPS) is 11.8. The van der Waals surface area contributed by atoms with E-state index in [1.165, 1.54) is 4.90 Å². The minimum Gasteiger partial charge on any atom is -0.445 e. The molecule has 1 rings (SSSR count). The summed E-state index contributed by atoms with van der Waals surface area (Å²) >= 11 is 0. The van der Waals surface area contributed by atoms with Crippen LogP contribution in [0, 0.1) is 0 Å². The highest BCUT2D eigenvalue weighted by Crippen LogP contribution is 2.16. The molecule has 0 saturated heterocycles.